The van der Waals surface area contributed by atoms with Crippen molar-refractivity contribution in [3.05, 3.63) is 53.6 Å². The van der Waals surface area contributed by atoms with Gasteiger partial charge in [0.25, 0.3) is 5.91 Å². The van der Waals surface area contributed by atoms with Gasteiger partial charge < -0.3 is 10.0 Å². The Morgan fingerprint density at radius 1 is 0.926 bits per heavy atom. The summed E-state index contributed by atoms with van der Waals surface area (Å²) in [5, 5.41) is 10.6. The van der Waals surface area contributed by atoms with Gasteiger partial charge in [0.2, 0.25) is 5.91 Å². The number of hydrogen-bond donors (Lipinski definition) is 1. The van der Waals surface area contributed by atoms with E-state index in [1.54, 1.807) is 36.4 Å². The van der Waals surface area contributed by atoms with Gasteiger partial charge in [-0.2, -0.15) is 0 Å². The Bertz CT molecular complexity index is 863. The maximum Gasteiger partial charge on any atom is 0.251 e. The molecule has 2 fully saturated rings. The van der Waals surface area contributed by atoms with Crippen molar-refractivity contribution in [2.24, 2.45) is 0 Å². The van der Waals surface area contributed by atoms with Crippen LogP contribution in [0.25, 0.3) is 0 Å². The number of carbonyl (C=O) groups is 2. The molecule has 2 saturated heterocycles. The first-order valence-electron chi connectivity index (χ1n) is 8.94. The highest BCUT2D eigenvalue weighted by Crippen LogP contribution is 2.30. The third kappa shape index (κ3) is 3.38. The molecule has 2 aromatic carbocycles. The van der Waals surface area contributed by atoms with E-state index in [4.69, 9.17) is 11.6 Å². The molecular formula is C20H20ClN3O3. The van der Waals surface area contributed by atoms with E-state index in [0.717, 1.165) is 5.69 Å². The average Bonchev–Trinajstić information content (AvgIpc) is 2.97. The summed E-state index contributed by atoms with van der Waals surface area (Å²) in [5.74, 6) is -0.110. The third-order valence-corrected chi connectivity index (χ3v) is 5.44. The van der Waals surface area contributed by atoms with Crippen molar-refractivity contribution < 1.29 is 14.7 Å². The van der Waals surface area contributed by atoms with Crippen molar-refractivity contribution in [3.8, 4) is 5.75 Å². The van der Waals surface area contributed by atoms with Crippen LogP contribution >= 0.6 is 11.6 Å². The van der Waals surface area contributed by atoms with Crippen molar-refractivity contribution in [3.63, 3.8) is 0 Å². The van der Waals surface area contributed by atoms with E-state index in [9.17, 15) is 14.7 Å². The molecule has 2 aromatic rings. The quantitative estimate of drug-likeness (QED) is 0.822. The molecule has 2 amide bonds. The number of anilines is 2. The van der Waals surface area contributed by atoms with E-state index in [1.165, 1.54) is 4.90 Å². The molecule has 2 heterocycles. The molecule has 4 rings (SSSR count). The van der Waals surface area contributed by atoms with Gasteiger partial charge >= 0.3 is 0 Å². The van der Waals surface area contributed by atoms with Gasteiger partial charge in [0.1, 0.15) is 5.75 Å². The molecule has 2 aliphatic rings. The predicted octanol–water partition coefficient (Wildman–Crippen LogP) is 2.50. The minimum Gasteiger partial charge on any atom is -0.506 e. The van der Waals surface area contributed by atoms with Crippen molar-refractivity contribution in [2.75, 3.05) is 36.0 Å². The second-order valence-electron chi connectivity index (χ2n) is 6.78. The van der Waals surface area contributed by atoms with Crippen LogP contribution in [-0.4, -0.2) is 54.0 Å². The second-order valence-corrected chi connectivity index (χ2v) is 7.21. The molecule has 0 bridgehead atoms. The number of benzene rings is 2. The van der Waals surface area contributed by atoms with Crippen molar-refractivity contribution in [1.82, 2.24) is 4.90 Å². The summed E-state index contributed by atoms with van der Waals surface area (Å²) in [6.07, 6.45) is 0.193. The highest BCUT2D eigenvalue weighted by atomic mass is 35.5. The number of aromatic hydroxyl groups is 1. The Labute approximate surface area is 162 Å². The van der Waals surface area contributed by atoms with Gasteiger partial charge in [-0.15, -0.1) is 0 Å². The van der Waals surface area contributed by atoms with Gasteiger partial charge in [0.05, 0.1) is 23.8 Å². The number of phenols is 1. The Kier molecular flexibility index (Phi) is 4.76. The standard InChI is InChI=1S/C20H20ClN3O3/c21-14-5-7-15(8-6-14)24-19(26)13-17(20(24)27)23-11-9-22(10-12-23)16-3-1-2-4-18(16)25/h1-8,17,25H,9-13H2/t17-/m1/s1. The van der Waals surface area contributed by atoms with E-state index in [1.807, 2.05) is 12.1 Å². The Balaban J connectivity index is 1.44. The lowest BCUT2D eigenvalue weighted by molar-refractivity contribution is -0.123. The van der Waals surface area contributed by atoms with Crippen molar-refractivity contribution in [2.45, 2.75) is 12.5 Å². The SMILES string of the molecule is O=C1C[C@@H](N2CCN(c3ccccc3O)CC2)C(=O)N1c1ccc(Cl)cc1. The monoisotopic (exact) mass is 385 g/mol. The van der Waals surface area contributed by atoms with Crippen LogP contribution in [0.3, 0.4) is 0 Å². The number of phenolic OH excluding ortho intramolecular Hbond substituents is 1. The maximum atomic E-state index is 12.9. The van der Waals surface area contributed by atoms with Crippen molar-refractivity contribution in [1.29, 1.82) is 0 Å². The number of nitrogens with zero attached hydrogens (tertiary/aromatic N) is 3. The lowest BCUT2D eigenvalue weighted by Crippen LogP contribution is -2.52. The smallest absolute Gasteiger partial charge is 0.251 e. The van der Waals surface area contributed by atoms with E-state index >= 15 is 0 Å². The molecule has 1 atom stereocenters. The molecule has 140 valence electrons. The number of amides is 2. The van der Waals surface area contributed by atoms with E-state index in [2.05, 4.69) is 9.80 Å². The van der Waals surface area contributed by atoms with E-state index in [-0.39, 0.29) is 24.0 Å². The predicted molar refractivity (Wildman–Crippen MR) is 104 cm³/mol. The van der Waals surface area contributed by atoms with Gasteiger partial charge in [0, 0.05) is 31.2 Å². The molecule has 2 aliphatic heterocycles. The van der Waals surface area contributed by atoms with Gasteiger partial charge in [-0.05, 0) is 36.4 Å². The van der Waals surface area contributed by atoms with Crippen molar-refractivity contribution >= 4 is 34.8 Å². The summed E-state index contributed by atoms with van der Waals surface area (Å²) in [6, 6.07) is 13.6. The molecule has 0 aliphatic carbocycles. The molecule has 0 unspecified atom stereocenters. The number of halogens is 1. The Hall–Kier alpha value is -2.57. The average molecular weight is 386 g/mol. The maximum absolute atomic E-state index is 12.9. The fraction of sp³-hybridized carbons (Fsp3) is 0.300. The van der Waals surface area contributed by atoms with Crippen LogP contribution < -0.4 is 9.80 Å². The molecular weight excluding hydrogens is 366 g/mol. The number of imide groups is 1. The molecule has 0 spiro atoms. The topological polar surface area (TPSA) is 64.1 Å². The highest BCUT2D eigenvalue weighted by Gasteiger charge is 2.43. The fourth-order valence-electron chi connectivity index (χ4n) is 3.77. The first kappa shape index (κ1) is 17.8. The Morgan fingerprint density at radius 3 is 2.26 bits per heavy atom. The van der Waals surface area contributed by atoms with E-state index < -0.39 is 6.04 Å². The van der Waals surface area contributed by atoms with Gasteiger partial charge in [-0.3, -0.25) is 14.5 Å². The number of para-hydroxylation sites is 2. The van der Waals surface area contributed by atoms with Crippen LogP contribution in [0.1, 0.15) is 6.42 Å². The largest absolute Gasteiger partial charge is 0.506 e. The molecule has 6 nitrogen and oxygen atoms in total. The second kappa shape index (κ2) is 7.21. The fourth-order valence-corrected chi connectivity index (χ4v) is 3.89. The zero-order valence-corrected chi connectivity index (χ0v) is 15.5. The lowest BCUT2D eigenvalue weighted by atomic mass is 10.1. The normalized spacial score (nSPS) is 21.1. The molecule has 0 aromatic heterocycles. The number of carbonyl (C=O) groups excluding carboxylic acids is 2. The third-order valence-electron chi connectivity index (χ3n) is 5.19. The molecule has 27 heavy (non-hydrogen) atoms. The van der Waals surface area contributed by atoms with Crippen LogP contribution in [-0.2, 0) is 9.59 Å². The summed E-state index contributed by atoms with van der Waals surface area (Å²) in [5.41, 5.74) is 1.36. The van der Waals surface area contributed by atoms with Gasteiger partial charge in [-0.1, -0.05) is 23.7 Å². The molecule has 0 radical (unpaired) electrons. The summed E-state index contributed by atoms with van der Waals surface area (Å²) in [6.45, 7) is 2.70. The molecule has 1 N–H and O–H groups in total. The summed E-state index contributed by atoms with van der Waals surface area (Å²) in [7, 11) is 0. The minimum absolute atomic E-state index is 0.182. The molecule has 0 saturated carbocycles. The van der Waals surface area contributed by atoms with E-state index in [0.29, 0.717) is 36.9 Å². The summed E-state index contributed by atoms with van der Waals surface area (Å²) < 4.78 is 0. The van der Waals surface area contributed by atoms with Crippen LogP contribution in [0.4, 0.5) is 11.4 Å². The molecule has 7 heteroatoms. The Morgan fingerprint density at radius 2 is 1.59 bits per heavy atom. The first-order chi connectivity index (χ1) is 13.0. The van der Waals surface area contributed by atoms with Gasteiger partial charge in [-0.25, -0.2) is 4.90 Å². The summed E-state index contributed by atoms with van der Waals surface area (Å²) in [4.78, 5) is 30.8. The van der Waals surface area contributed by atoms with Crippen LogP contribution in [0.5, 0.6) is 5.75 Å². The van der Waals surface area contributed by atoms with Crippen LogP contribution in [0, 0.1) is 0 Å². The minimum atomic E-state index is -0.431. The number of rotatable bonds is 3. The zero-order valence-electron chi connectivity index (χ0n) is 14.7. The zero-order chi connectivity index (χ0) is 19.0. The highest BCUT2D eigenvalue weighted by molar-refractivity contribution is 6.30. The first-order valence-corrected chi connectivity index (χ1v) is 9.32. The van der Waals surface area contributed by atoms with Crippen LogP contribution in [0.15, 0.2) is 48.5 Å². The van der Waals surface area contributed by atoms with Crippen LogP contribution in [0.2, 0.25) is 5.02 Å². The lowest BCUT2D eigenvalue weighted by Gasteiger charge is -2.38. The van der Waals surface area contributed by atoms with Gasteiger partial charge in [0.15, 0.2) is 0 Å². The number of hydrogen-bond acceptors (Lipinski definition) is 5. The number of piperazine rings is 1. The summed E-state index contributed by atoms with van der Waals surface area (Å²) >= 11 is 5.90.